The average Bonchev–Trinajstić information content (AvgIpc) is 3.28. The lowest BCUT2D eigenvalue weighted by Gasteiger charge is -2.41. The van der Waals surface area contributed by atoms with E-state index in [1.807, 2.05) is 38.1 Å². The van der Waals surface area contributed by atoms with Crippen LogP contribution in [0.25, 0.3) is 5.69 Å². The van der Waals surface area contributed by atoms with Gasteiger partial charge in [0.25, 0.3) is 5.16 Å². The molecule has 1 aliphatic rings. The van der Waals surface area contributed by atoms with Gasteiger partial charge < -0.3 is 9.47 Å². The number of nitrogens with zero attached hydrogens (tertiary/aromatic N) is 4. The van der Waals surface area contributed by atoms with Crippen LogP contribution in [0, 0.1) is 0 Å². The Labute approximate surface area is 188 Å². The second-order valence-electron chi connectivity index (χ2n) is 8.46. The van der Waals surface area contributed by atoms with Crippen LogP contribution in [-0.4, -0.2) is 52.4 Å². The fraction of sp³-hybridized carbons (Fsp3) is 0.435. The molecule has 2 heterocycles. The van der Waals surface area contributed by atoms with Crippen LogP contribution in [0.1, 0.15) is 38.7 Å². The van der Waals surface area contributed by atoms with E-state index < -0.39 is 15.6 Å². The van der Waals surface area contributed by atoms with Crippen LogP contribution < -0.4 is 0 Å². The van der Waals surface area contributed by atoms with Gasteiger partial charge in [-0.3, -0.25) is 0 Å². The van der Waals surface area contributed by atoms with Gasteiger partial charge >= 0.3 is 0 Å². The molecule has 3 aromatic rings. The SMILES string of the molecule is CC1(C)O[C@@H](CCc2ccccc2)C[C@H](CCS(=O)(=O)c2nnnn2-c2ccccc2)O1. The van der Waals surface area contributed by atoms with Gasteiger partial charge in [-0.25, -0.2) is 8.42 Å². The van der Waals surface area contributed by atoms with Crippen LogP contribution in [-0.2, 0) is 25.7 Å². The number of para-hydroxylation sites is 1. The van der Waals surface area contributed by atoms with E-state index in [0.717, 1.165) is 12.8 Å². The molecule has 1 aliphatic heterocycles. The summed E-state index contributed by atoms with van der Waals surface area (Å²) in [5, 5.41) is 11.1. The van der Waals surface area contributed by atoms with Crippen LogP contribution >= 0.6 is 0 Å². The Morgan fingerprint density at radius 3 is 2.28 bits per heavy atom. The van der Waals surface area contributed by atoms with E-state index in [1.54, 1.807) is 24.3 Å². The van der Waals surface area contributed by atoms with Gasteiger partial charge in [0.05, 0.1) is 23.6 Å². The van der Waals surface area contributed by atoms with Crippen molar-refractivity contribution in [2.45, 2.75) is 62.7 Å². The summed E-state index contributed by atoms with van der Waals surface area (Å²) in [5.41, 5.74) is 1.85. The van der Waals surface area contributed by atoms with E-state index in [1.165, 1.54) is 10.2 Å². The van der Waals surface area contributed by atoms with Crippen LogP contribution in [0.5, 0.6) is 0 Å². The molecule has 0 aliphatic carbocycles. The third-order valence-electron chi connectivity index (χ3n) is 5.45. The average molecular weight is 457 g/mol. The Bertz CT molecular complexity index is 1120. The predicted molar refractivity (Wildman–Crippen MR) is 119 cm³/mol. The highest BCUT2D eigenvalue weighted by Crippen LogP contribution is 2.31. The maximum Gasteiger partial charge on any atom is 0.272 e. The highest BCUT2D eigenvalue weighted by Gasteiger charge is 2.36. The molecule has 2 aromatic carbocycles. The molecular weight excluding hydrogens is 428 g/mol. The summed E-state index contributed by atoms with van der Waals surface area (Å²) in [5.74, 6) is -0.869. The van der Waals surface area contributed by atoms with E-state index in [0.29, 0.717) is 18.5 Å². The van der Waals surface area contributed by atoms with E-state index in [-0.39, 0.29) is 23.1 Å². The molecule has 2 atom stereocenters. The highest BCUT2D eigenvalue weighted by atomic mass is 32.2. The predicted octanol–water partition coefficient (Wildman–Crippen LogP) is 3.37. The monoisotopic (exact) mass is 456 g/mol. The van der Waals surface area contributed by atoms with Crippen LogP contribution in [0.15, 0.2) is 65.8 Å². The molecule has 1 saturated heterocycles. The topological polar surface area (TPSA) is 96.2 Å². The summed E-state index contributed by atoms with van der Waals surface area (Å²) < 4.78 is 39.5. The van der Waals surface area contributed by atoms with E-state index in [4.69, 9.17) is 9.47 Å². The standard InChI is InChI=1S/C23H28N4O4S/c1-23(2)30-20(14-13-18-9-5-3-6-10-18)17-21(31-23)15-16-32(28,29)22-24-25-26-27(22)19-11-7-4-8-12-19/h3-12,20-21H,13-17H2,1-2H3/t20-,21-/m0/s1. The van der Waals surface area contributed by atoms with Crippen molar-refractivity contribution in [3.8, 4) is 5.69 Å². The Balaban J connectivity index is 1.41. The maximum atomic E-state index is 13.0. The Morgan fingerprint density at radius 1 is 0.969 bits per heavy atom. The molecule has 1 fully saturated rings. The van der Waals surface area contributed by atoms with Crippen molar-refractivity contribution in [1.29, 1.82) is 0 Å². The first kappa shape index (κ1) is 22.6. The van der Waals surface area contributed by atoms with Crippen LogP contribution in [0.2, 0.25) is 0 Å². The number of tetrazole rings is 1. The van der Waals surface area contributed by atoms with E-state index in [2.05, 4.69) is 27.7 Å². The van der Waals surface area contributed by atoms with Crippen molar-refractivity contribution in [2.24, 2.45) is 0 Å². The fourth-order valence-electron chi connectivity index (χ4n) is 4.03. The zero-order valence-corrected chi connectivity index (χ0v) is 19.1. The third-order valence-corrected chi connectivity index (χ3v) is 7.04. The Morgan fingerprint density at radius 2 is 1.59 bits per heavy atom. The van der Waals surface area contributed by atoms with Gasteiger partial charge in [-0.15, -0.1) is 0 Å². The lowest BCUT2D eigenvalue weighted by atomic mass is 9.99. The van der Waals surface area contributed by atoms with Crippen LogP contribution in [0.4, 0.5) is 0 Å². The second kappa shape index (κ2) is 9.48. The van der Waals surface area contributed by atoms with Crippen molar-refractivity contribution in [3.63, 3.8) is 0 Å². The Hall–Kier alpha value is -2.62. The van der Waals surface area contributed by atoms with Gasteiger partial charge in [-0.05, 0) is 61.2 Å². The van der Waals surface area contributed by atoms with Gasteiger partial charge in [0, 0.05) is 6.42 Å². The molecule has 0 saturated carbocycles. The molecule has 1 aromatic heterocycles. The molecule has 0 spiro atoms. The fourth-order valence-corrected chi connectivity index (χ4v) is 5.35. The largest absolute Gasteiger partial charge is 0.347 e. The summed E-state index contributed by atoms with van der Waals surface area (Å²) in [6.45, 7) is 3.75. The number of aryl methyl sites for hydroxylation is 1. The lowest BCUT2D eigenvalue weighted by Crippen LogP contribution is -2.45. The number of hydrogen-bond acceptors (Lipinski definition) is 7. The van der Waals surface area contributed by atoms with Gasteiger partial charge in [-0.2, -0.15) is 4.68 Å². The molecule has 0 bridgehead atoms. The minimum absolute atomic E-state index is 0.00120. The van der Waals surface area contributed by atoms with Crippen LogP contribution in [0.3, 0.4) is 0 Å². The van der Waals surface area contributed by atoms with Gasteiger partial charge in [0.2, 0.25) is 9.84 Å². The molecule has 4 rings (SSSR count). The van der Waals surface area contributed by atoms with Crippen molar-refractivity contribution in [3.05, 3.63) is 66.2 Å². The highest BCUT2D eigenvalue weighted by molar-refractivity contribution is 7.91. The molecule has 0 amide bonds. The third kappa shape index (κ3) is 5.59. The molecule has 0 N–H and O–H groups in total. The van der Waals surface area contributed by atoms with Gasteiger partial charge in [-0.1, -0.05) is 53.6 Å². The number of hydrogen-bond donors (Lipinski definition) is 0. The molecule has 8 nitrogen and oxygen atoms in total. The first-order valence-electron chi connectivity index (χ1n) is 10.8. The first-order chi connectivity index (χ1) is 15.3. The smallest absolute Gasteiger partial charge is 0.272 e. The summed E-state index contributed by atoms with van der Waals surface area (Å²) in [7, 11) is -3.70. The molecular formula is C23H28N4O4S. The number of benzene rings is 2. The summed E-state index contributed by atoms with van der Waals surface area (Å²) >= 11 is 0. The Kier molecular flexibility index (Phi) is 6.68. The first-order valence-corrected chi connectivity index (χ1v) is 12.4. The second-order valence-corrected chi connectivity index (χ2v) is 10.5. The van der Waals surface area contributed by atoms with Crippen molar-refractivity contribution in [1.82, 2.24) is 20.2 Å². The summed E-state index contributed by atoms with van der Waals surface area (Å²) in [6.07, 6.45) is 2.52. The molecule has 0 unspecified atom stereocenters. The van der Waals surface area contributed by atoms with Crippen molar-refractivity contribution < 1.29 is 17.9 Å². The summed E-state index contributed by atoms with van der Waals surface area (Å²) in [4.78, 5) is 0. The van der Waals surface area contributed by atoms with Gasteiger partial charge in [0.15, 0.2) is 5.79 Å². The number of sulfone groups is 1. The lowest BCUT2D eigenvalue weighted by molar-refractivity contribution is -0.300. The molecule has 9 heteroatoms. The zero-order chi connectivity index (χ0) is 22.6. The molecule has 170 valence electrons. The number of rotatable bonds is 8. The van der Waals surface area contributed by atoms with E-state index >= 15 is 0 Å². The van der Waals surface area contributed by atoms with Gasteiger partial charge in [0.1, 0.15) is 0 Å². The normalized spacial score (nSPS) is 20.8. The number of ether oxygens (including phenoxy) is 2. The minimum Gasteiger partial charge on any atom is -0.347 e. The van der Waals surface area contributed by atoms with E-state index in [9.17, 15) is 8.42 Å². The quantitative estimate of drug-likeness (QED) is 0.513. The maximum absolute atomic E-state index is 13.0. The zero-order valence-electron chi connectivity index (χ0n) is 18.3. The minimum atomic E-state index is -3.70. The van der Waals surface area contributed by atoms with Crippen molar-refractivity contribution in [2.75, 3.05) is 5.75 Å². The molecule has 0 radical (unpaired) electrons. The molecule has 32 heavy (non-hydrogen) atoms. The summed E-state index contributed by atoms with van der Waals surface area (Å²) in [6, 6.07) is 19.2. The van der Waals surface area contributed by atoms with Crippen molar-refractivity contribution >= 4 is 9.84 Å². The number of aromatic nitrogens is 4.